The largest absolute Gasteiger partial charge is 0.374 e. The third kappa shape index (κ3) is 2.46. The molecule has 0 bridgehead atoms. The van der Waals surface area contributed by atoms with E-state index in [0.717, 1.165) is 10.8 Å². The maximum Gasteiger partial charge on any atom is 0.203 e. The molecule has 1 heterocycles. The zero-order chi connectivity index (χ0) is 9.80. The number of aromatic nitrogens is 2. The molecule has 14 heavy (non-hydrogen) atoms. The molecule has 3 nitrogen and oxygen atoms in total. The van der Waals surface area contributed by atoms with Crippen molar-refractivity contribution in [3.63, 3.8) is 0 Å². The van der Waals surface area contributed by atoms with Crippen LogP contribution in [0.4, 0.5) is 5.13 Å². The molecule has 0 atom stereocenters. The maximum atomic E-state index is 5.48. The molecule has 72 valence electrons. The van der Waals surface area contributed by atoms with E-state index in [1.165, 1.54) is 16.2 Å². The molecule has 0 amide bonds. The van der Waals surface area contributed by atoms with Gasteiger partial charge >= 0.3 is 0 Å². The molecule has 2 aromatic rings. The molecule has 1 aromatic carbocycles. The zero-order valence-electron chi connectivity index (χ0n) is 7.38. The van der Waals surface area contributed by atoms with Crippen LogP contribution in [0.2, 0.25) is 0 Å². The molecule has 0 saturated heterocycles. The highest BCUT2D eigenvalue weighted by atomic mass is 32.2. The van der Waals surface area contributed by atoms with Gasteiger partial charge in [-0.05, 0) is 12.1 Å². The number of rotatable bonds is 3. The number of hydrogen-bond acceptors (Lipinski definition) is 5. The molecule has 5 heteroatoms. The van der Waals surface area contributed by atoms with E-state index < -0.39 is 0 Å². The van der Waals surface area contributed by atoms with Gasteiger partial charge in [0.2, 0.25) is 5.13 Å². The Bertz CT molecular complexity index is 399. The van der Waals surface area contributed by atoms with Crippen molar-refractivity contribution in [1.82, 2.24) is 10.2 Å². The van der Waals surface area contributed by atoms with E-state index in [1.807, 2.05) is 18.2 Å². The molecule has 0 aliphatic heterocycles. The number of nitrogens with zero attached hydrogens (tertiary/aromatic N) is 2. The first-order chi connectivity index (χ1) is 6.84. The predicted octanol–water partition coefficient (Wildman–Crippen LogP) is 2.41. The molecule has 0 saturated carbocycles. The fourth-order valence-corrected chi connectivity index (χ4v) is 2.50. The fraction of sp³-hybridized carbons (Fsp3) is 0.111. The molecule has 1 aromatic heterocycles. The Balaban J connectivity index is 1.95. The Morgan fingerprint density at radius 3 is 2.64 bits per heavy atom. The van der Waals surface area contributed by atoms with Crippen LogP contribution in [0.5, 0.6) is 0 Å². The second kappa shape index (κ2) is 4.43. The third-order valence-corrected chi connectivity index (χ3v) is 3.55. The van der Waals surface area contributed by atoms with Crippen molar-refractivity contribution in [2.75, 3.05) is 5.73 Å². The van der Waals surface area contributed by atoms with Gasteiger partial charge in [0, 0.05) is 4.90 Å². The Morgan fingerprint density at radius 1 is 1.21 bits per heavy atom. The number of anilines is 1. The lowest BCUT2D eigenvalue weighted by molar-refractivity contribution is 1.05. The van der Waals surface area contributed by atoms with Crippen LogP contribution < -0.4 is 5.73 Å². The first-order valence-electron chi connectivity index (χ1n) is 4.10. The molecule has 0 aliphatic rings. The molecular weight excluding hydrogens is 214 g/mol. The van der Waals surface area contributed by atoms with Crippen molar-refractivity contribution in [2.24, 2.45) is 0 Å². The standard InChI is InChI=1S/C9H9N3S2/c10-9-12-11-8(14-9)6-13-7-4-2-1-3-5-7/h1-5H,6H2,(H2,10,12). The number of hydrogen-bond donors (Lipinski definition) is 1. The van der Waals surface area contributed by atoms with E-state index in [2.05, 4.69) is 22.3 Å². The summed E-state index contributed by atoms with van der Waals surface area (Å²) in [5.41, 5.74) is 5.48. The predicted molar refractivity (Wildman–Crippen MR) is 60.3 cm³/mol. The van der Waals surface area contributed by atoms with Crippen LogP contribution in [0.15, 0.2) is 35.2 Å². The van der Waals surface area contributed by atoms with Crippen molar-refractivity contribution in [1.29, 1.82) is 0 Å². The first kappa shape index (κ1) is 9.48. The van der Waals surface area contributed by atoms with Crippen molar-refractivity contribution in [3.05, 3.63) is 35.3 Å². The minimum Gasteiger partial charge on any atom is -0.374 e. The summed E-state index contributed by atoms with van der Waals surface area (Å²) in [5, 5.41) is 9.22. The number of nitrogen functional groups attached to an aromatic ring is 1. The molecule has 2 rings (SSSR count). The van der Waals surface area contributed by atoms with Gasteiger partial charge < -0.3 is 5.73 Å². The van der Waals surface area contributed by atoms with Gasteiger partial charge in [0.05, 0.1) is 5.75 Å². The molecule has 0 radical (unpaired) electrons. The molecular formula is C9H9N3S2. The van der Waals surface area contributed by atoms with Gasteiger partial charge in [-0.1, -0.05) is 29.5 Å². The van der Waals surface area contributed by atoms with Gasteiger partial charge in [-0.2, -0.15) is 0 Å². The maximum absolute atomic E-state index is 5.48. The Kier molecular flexibility index (Phi) is 3.00. The minimum absolute atomic E-state index is 0.536. The number of nitrogens with two attached hydrogens (primary N) is 1. The van der Waals surface area contributed by atoms with Gasteiger partial charge in [-0.3, -0.25) is 0 Å². The monoisotopic (exact) mass is 223 g/mol. The van der Waals surface area contributed by atoms with Crippen molar-refractivity contribution in [2.45, 2.75) is 10.6 Å². The highest BCUT2D eigenvalue weighted by Gasteiger charge is 2.01. The molecule has 0 unspecified atom stereocenters. The van der Waals surface area contributed by atoms with E-state index in [0.29, 0.717) is 5.13 Å². The van der Waals surface area contributed by atoms with Crippen LogP contribution >= 0.6 is 23.1 Å². The summed E-state index contributed by atoms with van der Waals surface area (Å²) < 4.78 is 0. The summed E-state index contributed by atoms with van der Waals surface area (Å²) in [6.45, 7) is 0. The first-order valence-corrected chi connectivity index (χ1v) is 5.90. The normalized spacial score (nSPS) is 10.3. The highest BCUT2D eigenvalue weighted by molar-refractivity contribution is 7.98. The van der Waals surface area contributed by atoms with Gasteiger partial charge in [0.15, 0.2) is 0 Å². The summed E-state index contributed by atoms with van der Waals surface area (Å²) in [6, 6.07) is 10.2. The van der Waals surface area contributed by atoms with Crippen LogP contribution in [-0.2, 0) is 5.75 Å². The van der Waals surface area contributed by atoms with Crippen molar-refractivity contribution in [3.8, 4) is 0 Å². The van der Waals surface area contributed by atoms with Gasteiger partial charge in [-0.15, -0.1) is 22.0 Å². The lowest BCUT2D eigenvalue weighted by Gasteiger charge is -1.96. The molecule has 0 fully saturated rings. The van der Waals surface area contributed by atoms with Crippen LogP contribution in [-0.4, -0.2) is 10.2 Å². The summed E-state index contributed by atoms with van der Waals surface area (Å²) in [7, 11) is 0. The average Bonchev–Trinajstić information content (AvgIpc) is 2.63. The SMILES string of the molecule is Nc1nnc(CSc2ccccc2)s1. The zero-order valence-corrected chi connectivity index (χ0v) is 9.02. The Labute approximate surface area is 90.4 Å². The topological polar surface area (TPSA) is 51.8 Å². The quantitative estimate of drug-likeness (QED) is 0.812. The van der Waals surface area contributed by atoms with Gasteiger partial charge in [-0.25, -0.2) is 0 Å². The molecule has 0 spiro atoms. The van der Waals surface area contributed by atoms with Crippen LogP contribution in [0.25, 0.3) is 0 Å². The number of benzene rings is 1. The highest BCUT2D eigenvalue weighted by Crippen LogP contribution is 2.24. The van der Waals surface area contributed by atoms with E-state index in [4.69, 9.17) is 5.73 Å². The van der Waals surface area contributed by atoms with E-state index >= 15 is 0 Å². The van der Waals surface area contributed by atoms with E-state index in [-0.39, 0.29) is 0 Å². The third-order valence-electron chi connectivity index (χ3n) is 1.59. The average molecular weight is 223 g/mol. The van der Waals surface area contributed by atoms with Crippen molar-refractivity contribution < 1.29 is 0 Å². The minimum atomic E-state index is 0.536. The van der Waals surface area contributed by atoms with E-state index in [9.17, 15) is 0 Å². The lowest BCUT2D eigenvalue weighted by atomic mass is 10.4. The number of thioether (sulfide) groups is 1. The molecule has 2 N–H and O–H groups in total. The van der Waals surface area contributed by atoms with Crippen molar-refractivity contribution >= 4 is 28.2 Å². The van der Waals surface area contributed by atoms with Crippen LogP contribution in [0, 0.1) is 0 Å². The summed E-state index contributed by atoms with van der Waals surface area (Å²) in [5.74, 6) is 0.832. The summed E-state index contributed by atoms with van der Waals surface area (Å²) in [4.78, 5) is 1.24. The molecule has 0 aliphatic carbocycles. The second-order valence-electron chi connectivity index (χ2n) is 2.64. The van der Waals surface area contributed by atoms with Gasteiger partial charge in [0.25, 0.3) is 0 Å². The smallest absolute Gasteiger partial charge is 0.203 e. The Morgan fingerprint density at radius 2 is 2.00 bits per heavy atom. The van der Waals surface area contributed by atoms with Gasteiger partial charge in [0.1, 0.15) is 5.01 Å². The van der Waals surface area contributed by atoms with Crippen LogP contribution in [0.1, 0.15) is 5.01 Å². The second-order valence-corrected chi connectivity index (χ2v) is 4.78. The van der Waals surface area contributed by atoms with E-state index in [1.54, 1.807) is 11.8 Å². The van der Waals surface area contributed by atoms with Crippen LogP contribution in [0.3, 0.4) is 0 Å². The fourth-order valence-electron chi connectivity index (χ4n) is 0.987. The summed E-state index contributed by atoms with van der Waals surface area (Å²) in [6.07, 6.45) is 0. The Hall–Kier alpha value is -1.07. The lowest BCUT2D eigenvalue weighted by Crippen LogP contribution is -1.80. The summed E-state index contributed by atoms with van der Waals surface area (Å²) >= 11 is 3.18.